The molecule has 0 aliphatic carbocycles. The van der Waals surface area contributed by atoms with Gasteiger partial charge in [-0.25, -0.2) is 0 Å². The van der Waals surface area contributed by atoms with Gasteiger partial charge in [0.2, 0.25) is 0 Å². The molecule has 98 valence electrons. The van der Waals surface area contributed by atoms with Crippen molar-refractivity contribution in [2.24, 2.45) is 5.92 Å². The Labute approximate surface area is 99.7 Å². The molecule has 0 aromatic carbocycles. The van der Waals surface area contributed by atoms with Gasteiger partial charge in [0.15, 0.2) is 0 Å². The highest BCUT2D eigenvalue weighted by Gasteiger charge is 2.34. The predicted octanol–water partition coefficient (Wildman–Crippen LogP) is 0.526. The molecule has 1 heterocycles. The maximum atomic E-state index is 10.9. The maximum absolute atomic E-state index is 10.9. The van der Waals surface area contributed by atoms with Crippen molar-refractivity contribution in [3.8, 4) is 0 Å². The standard InChI is InChI=1S/C10H18N2O5/c1-12(6-3-7-17-11(15)16)5-2-4-9(8-12)10(13)14/h9H,2-8H2,1H3/p+1. The van der Waals surface area contributed by atoms with Crippen LogP contribution in [0, 0.1) is 16.0 Å². The van der Waals surface area contributed by atoms with E-state index in [1.165, 1.54) is 0 Å². The number of nitrogens with zero attached hydrogens (tertiary/aromatic N) is 2. The van der Waals surface area contributed by atoms with Crippen molar-refractivity contribution in [3.05, 3.63) is 10.1 Å². The van der Waals surface area contributed by atoms with E-state index < -0.39 is 11.1 Å². The third-order valence-corrected chi connectivity index (χ3v) is 3.30. The highest BCUT2D eigenvalue weighted by atomic mass is 16.9. The average Bonchev–Trinajstić information content (AvgIpc) is 2.24. The third kappa shape index (κ3) is 4.56. The van der Waals surface area contributed by atoms with Crippen molar-refractivity contribution in [1.29, 1.82) is 0 Å². The van der Waals surface area contributed by atoms with Gasteiger partial charge in [-0.1, -0.05) is 0 Å². The summed E-state index contributed by atoms with van der Waals surface area (Å²) in [4.78, 5) is 25.2. The zero-order valence-electron chi connectivity index (χ0n) is 10.0. The molecule has 1 aliphatic heterocycles. The molecule has 1 N–H and O–H groups in total. The van der Waals surface area contributed by atoms with Crippen LogP contribution < -0.4 is 0 Å². The van der Waals surface area contributed by atoms with Crippen LogP contribution in [0.25, 0.3) is 0 Å². The second-order valence-electron chi connectivity index (χ2n) is 4.84. The summed E-state index contributed by atoms with van der Waals surface area (Å²) in [7, 11) is 2.00. The van der Waals surface area contributed by atoms with Crippen molar-refractivity contribution in [1.82, 2.24) is 0 Å². The van der Waals surface area contributed by atoms with Crippen LogP contribution in [0.15, 0.2) is 0 Å². The molecule has 1 rings (SSSR count). The maximum Gasteiger partial charge on any atom is 0.312 e. The number of carbonyl (C=O) groups is 1. The van der Waals surface area contributed by atoms with Crippen LogP contribution in [0.5, 0.6) is 0 Å². The molecule has 0 saturated carbocycles. The Morgan fingerprint density at radius 2 is 2.35 bits per heavy atom. The van der Waals surface area contributed by atoms with Gasteiger partial charge in [-0.15, -0.1) is 10.1 Å². The van der Waals surface area contributed by atoms with Crippen molar-refractivity contribution < 1.29 is 24.3 Å². The highest BCUT2D eigenvalue weighted by molar-refractivity contribution is 5.70. The molecule has 2 unspecified atom stereocenters. The van der Waals surface area contributed by atoms with Crippen LogP contribution in [0.3, 0.4) is 0 Å². The summed E-state index contributed by atoms with van der Waals surface area (Å²) in [5.74, 6) is -1.03. The molecule has 0 spiro atoms. The van der Waals surface area contributed by atoms with Gasteiger partial charge in [-0.2, -0.15) is 0 Å². The molecular weight excluding hydrogens is 228 g/mol. The summed E-state index contributed by atoms with van der Waals surface area (Å²) in [5.41, 5.74) is 0. The van der Waals surface area contributed by atoms with Gasteiger partial charge in [0.05, 0.1) is 26.7 Å². The molecule has 2 atom stereocenters. The fourth-order valence-corrected chi connectivity index (χ4v) is 2.42. The smallest absolute Gasteiger partial charge is 0.312 e. The molecule has 0 bridgehead atoms. The Bertz CT molecular complexity index is 296. The first-order valence-corrected chi connectivity index (χ1v) is 5.77. The first-order chi connectivity index (χ1) is 7.93. The van der Waals surface area contributed by atoms with E-state index in [0.717, 1.165) is 25.9 Å². The van der Waals surface area contributed by atoms with Crippen LogP contribution in [-0.2, 0) is 9.63 Å². The van der Waals surface area contributed by atoms with E-state index in [1.807, 2.05) is 7.05 Å². The second kappa shape index (κ2) is 5.81. The van der Waals surface area contributed by atoms with E-state index in [4.69, 9.17) is 5.11 Å². The van der Waals surface area contributed by atoms with E-state index >= 15 is 0 Å². The van der Waals surface area contributed by atoms with Crippen molar-refractivity contribution in [2.75, 3.05) is 33.3 Å². The number of hydrogen-bond acceptors (Lipinski definition) is 4. The normalized spacial score (nSPS) is 28.6. The summed E-state index contributed by atoms with van der Waals surface area (Å²) < 4.78 is 0.665. The molecule has 0 aromatic heterocycles. The number of hydrogen-bond donors (Lipinski definition) is 1. The zero-order chi connectivity index (χ0) is 12.9. The average molecular weight is 247 g/mol. The van der Waals surface area contributed by atoms with Gasteiger partial charge in [-0.05, 0) is 12.8 Å². The SMILES string of the molecule is C[N+]1(CCCO[N+](=O)[O-])CCCC(C(=O)O)C1. The molecular formula is C10H19N2O5+. The Morgan fingerprint density at radius 1 is 1.65 bits per heavy atom. The van der Waals surface area contributed by atoms with E-state index in [0.29, 0.717) is 17.4 Å². The number of carboxylic acid groups (broad SMARTS) is 1. The van der Waals surface area contributed by atoms with E-state index in [9.17, 15) is 14.9 Å². The first kappa shape index (κ1) is 13.7. The quantitative estimate of drug-likeness (QED) is 0.320. The molecule has 17 heavy (non-hydrogen) atoms. The van der Waals surface area contributed by atoms with Gasteiger partial charge >= 0.3 is 5.97 Å². The number of likely N-dealkylation sites (tertiary alicyclic amines) is 1. The molecule has 1 aliphatic rings. The fourth-order valence-electron chi connectivity index (χ4n) is 2.42. The molecule has 0 aromatic rings. The lowest BCUT2D eigenvalue weighted by Gasteiger charge is -2.40. The molecule has 0 amide bonds. The molecule has 0 radical (unpaired) electrons. The van der Waals surface area contributed by atoms with Gasteiger partial charge in [-0.3, -0.25) is 4.79 Å². The van der Waals surface area contributed by atoms with Crippen molar-refractivity contribution >= 4 is 5.97 Å². The predicted molar refractivity (Wildman–Crippen MR) is 58.7 cm³/mol. The summed E-state index contributed by atoms with van der Waals surface area (Å²) in [6.45, 7) is 2.34. The number of piperidine rings is 1. The van der Waals surface area contributed by atoms with Gasteiger partial charge in [0, 0.05) is 6.42 Å². The summed E-state index contributed by atoms with van der Waals surface area (Å²) in [6, 6.07) is 0. The second-order valence-corrected chi connectivity index (χ2v) is 4.84. The van der Waals surface area contributed by atoms with E-state index in [2.05, 4.69) is 4.84 Å². The van der Waals surface area contributed by atoms with E-state index in [-0.39, 0.29) is 12.5 Å². The molecule has 1 saturated heterocycles. The Kier molecular flexibility index (Phi) is 4.68. The van der Waals surface area contributed by atoms with Crippen molar-refractivity contribution in [3.63, 3.8) is 0 Å². The molecule has 7 nitrogen and oxygen atoms in total. The highest BCUT2D eigenvalue weighted by Crippen LogP contribution is 2.22. The number of aliphatic carboxylic acids is 1. The fraction of sp³-hybridized carbons (Fsp3) is 0.900. The third-order valence-electron chi connectivity index (χ3n) is 3.30. The summed E-state index contributed by atoms with van der Waals surface area (Å²) >= 11 is 0. The number of carboxylic acids is 1. The monoisotopic (exact) mass is 247 g/mol. The summed E-state index contributed by atoms with van der Waals surface area (Å²) in [6.07, 6.45) is 2.20. The van der Waals surface area contributed by atoms with E-state index in [1.54, 1.807) is 0 Å². The molecule has 1 fully saturated rings. The van der Waals surface area contributed by atoms with Crippen LogP contribution in [0.2, 0.25) is 0 Å². The largest absolute Gasteiger partial charge is 0.481 e. The van der Waals surface area contributed by atoms with Crippen LogP contribution in [0.4, 0.5) is 0 Å². The van der Waals surface area contributed by atoms with Gasteiger partial charge in [0.1, 0.15) is 12.5 Å². The van der Waals surface area contributed by atoms with Crippen molar-refractivity contribution in [2.45, 2.75) is 19.3 Å². The lowest BCUT2D eigenvalue weighted by molar-refractivity contribution is -0.917. The number of rotatable bonds is 6. The van der Waals surface area contributed by atoms with Gasteiger partial charge in [0.25, 0.3) is 5.09 Å². The Balaban J connectivity index is 2.34. The Hall–Kier alpha value is -1.37. The minimum Gasteiger partial charge on any atom is -0.481 e. The lowest BCUT2D eigenvalue weighted by Crippen LogP contribution is -2.53. The summed E-state index contributed by atoms with van der Waals surface area (Å²) in [5, 5.41) is 18.2. The lowest BCUT2D eigenvalue weighted by atomic mass is 9.96. The van der Waals surface area contributed by atoms with Crippen LogP contribution >= 0.6 is 0 Å². The van der Waals surface area contributed by atoms with Crippen LogP contribution in [-0.4, -0.2) is 53.9 Å². The number of quaternary nitrogens is 1. The Morgan fingerprint density at radius 3 is 2.94 bits per heavy atom. The van der Waals surface area contributed by atoms with Gasteiger partial charge < -0.3 is 14.4 Å². The minimum absolute atomic E-state index is 0.0819. The van der Waals surface area contributed by atoms with Crippen LogP contribution in [0.1, 0.15) is 19.3 Å². The zero-order valence-corrected chi connectivity index (χ0v) is 10.0. The molecule has 7 heteroatoms. The first-order valence-electron chi connectivity index (χ1n) is 5.77. The minimum atomic E-state index is -0.795. The topological polar surface area (TPSA) is 89.7 Å².